The summed E-state index contributed by atoms with van der Waals surface area (Å²) in [5, 5.41) is 7.56. The zero-order chi connectivity index (χ0) is 12.0. The smallest absolute Gasteiger partial charge is 0.150 e. The maximum absolute atomic E-state index is 5.29. The van der Waals surface area contributed by atoms with E-state index in [1.807, 2.05) is 0 Å². The largest absolute Gasteiger partial charge is 0.360 e. The molecule has 1 N–H and O–H groups in total. The maximum Gasteiger partial charge on any atom is 0.150 e. The zero-order valence-corrected chi connectivity index (χ0v) is 10.9. The molecule has 3 nitrogen and oxygen atoms in total. The summed E-state index contributed by atoms with van der Waals surface area (Å²) in [4.78, 5) is 0. The van der Waals surface area contributed by atoms with E-state index in [2.05, 4.69) is 44.2 Å². The number of hydrogen-bond donors (Lipinski definition) is 1. The molecule has 0 aromatic carbocycles. The monoisotopic (exact) mass is 224 g/mol. The van der Waals surface area contributed by atoms with Gasteiger partial charge in [-0.3, -0.25) is 0 Å². The molecule has 1 rings (SSSR count). The number of nitrogens with zero attached hydrogens (tertiary/aromatic N) is 1. The van der Waals surface area contributed by atoms with Crippen LogP contribution in [0.2, 0.25) is 0 Å². The molecule has 0 saturated carbocycles. The van der Waals surface area contributed by atoms with Crippen LogP contribution >= 0.6 is 0 Å². The Balaban J connectivity index is 2.41. The number of rotatable bonds is 7. The molecule has 92 valence electrons. The van der Waals surface area contributed by atoms with E-state index in [1.165, 1.54) is 19.3 Å². The van der Waals surface area contributed by atoms with Crippen LogP contribution in [-0.4, -0.2) is 11.2 Å². The standard InChI is InChI=1S/C13H24N2O/c1-5-7-11(6-2)14-9-12-8-13(10(3)4)15-16-12/h8,10-11,14H,5-7,9H2,1-4H3. The molecule has 0 bridgehead atoms. The third kappa shape index (κ3) is 3.97. The van der Waals surface area contributed by atoms with Gasteiger partial charge in [-0.2, -0.15) is 0 Å². The van der Waals surface area contributed by atoms with Crippen LogP contribution in [0.15, 0.2) is 10.6 Å². The fourth-order valence-corrected chi connectivity index (χ4v) is 1.73. The van der Waals surface area contributed by atoms with Gasteiger partial charge >= 0.3 is 0 Å². The Morgan fingerprint density at radius 1 is 1.38 bits per heavy atom. The van der Waals surface area contributed by atoms with Gasteiger partial charge in [0.05, 0.1) is 12.2 Å². The lowest BCUT2D eigenvalue weighted by atomic mass is 10.1. The SMILES string of the molecule is CCCC(CC)NCc1cc(C(C)C)no1. The van der Waals surface area contributed by atoms with Crippen LogP contribution in [0.3, 0.4) is 0 Å². The Kier molecular flexibility index (Phi) is 5.53. The lowest BCUT2D eigenvalue weighted by molar-refractivity contribution is 0.350. The highest BCUT2D eigenvalue weighted by molar-refractivity contribution is 5.08. The van der Waals surface area contributed by atoms with Crippen molar-refractivity contribution in [3.05, 3.63) is 17.5 Å². The van der Waals surface area contributed by atoms with Crippen LogP contribution in [0.1, 0.15) is 64.3 Å². The summed E-state index contributed by atoms with van der Waals surface area (Å²) < 4.78 is 5.29. The highest BCUT2D eigenvalue weighted by atomic mass is 16.5. The van der Waals surface area contributed by atoms with Crippen LogP contribution < -0.4 is 5.32 Å². The second-order valence-electron chi connectivity index (χ2n) is 4.65. The minimum absolute atomic E-state index is 0.440. The molecule has 1 heterocycles. The molecule has 0 fully saturated rings. The van der Waals surface area contributed by atoms with E-state index in [0.29, 0.717) is 12.0 Å². The fraction of sp³-hybridized carbons (Fsp3) is 0.769. The van der Waals surface area contributed by atoms with Crippen molar-refractivity contribution >= 4 is 0 Å². The lowest BCUT2D eigenvalue weighted by Gasteiger charge is -2.14. The molecule has 3 heteroatoms. The molecule has 16 heavy (non-hydrogen) atoms. The van der Waals surface area contributed by atoms with Gasteiger partial charge in [-0.25, -0.2) is 0 Å². The maximum atomic E-state index is 5.29. The normalized spacial score (nSPS) is 13.3. The van der Waals surface area contributed by atoms with E-state index in [4.69, 9.17) is 4.52 Å². The Labute approximate surface area is 98.6 Å². The molecule has 0 radical (unpaired) electrons. The van der Waals surface area contributed by atoms with Crippen molar-refractivity contribution < 1.29 is 4.52 Å². The number of hydrogen-bond acceptors (Lipinski definition) is 3. The summed E-state index contributed by atoms with van der Waals surface area (Å²) in [5.41, 5.74) is 1.04. The van der Waals surface area contributed by atoms with Gasteiger partial charge in [0.25, 0.3) is 0 Å². The van der Waals surface area contributed by atoms with Crippen molar-refractivity contribution in [2.75, 3.05) is 0 Å². The van der Waals surface area contributed by atoms with Gasteiger partial charge in [0.2, 0.25) is 0 Å². The van der Waals surface area contributed by atoms with Crippen molar-refractivity contribution in [3.63, 3.8) is 0 Å². The van der Waals surface area contributed by atoms with E-state index < -0.39 is 0 Å². The number of aromatic nitrogens is 1. The molecule has 0 saturated heterocycles. The Morgan fingerprint density at radius 3 is 2.62 bits per heavy atom. The van der Waals surface area contributed by atoms with Crippen molar-refractivity contribution in [1.82, 2.24) is 10.5 Å². The number of nitrogens with one attached hydrogen (secondary N) is 1. The molecule has 1 unspecified atom stereocenters. The van der Waals surface area contributed by atoms with Gasteiger partial charge in [0.15, 0.2) is 5.76 Å². The predicted octanol–water partition coefficient (Wildman–Crippen LogP) is 3.47. The van der Waals surface area contributed by atoms with Gasteiger partial charge in [-0.15, -0.1) is 0 Å². The first-order valence-corrected chi connectivity index (χ1v) is 6.36. The van der Waals surface area contributed by atoms with E-state index in [0.717, 1.165) is 18.0 Å². The summed E-state index contributed by atoms with van der Waals surface area (Å²) in [6.07, 6.45) is 3.61. The second-order valence-corrected chi connectivity index (χ2v) is 4.65. The summed E-state index contributed by atoms with van der Waals surface area (Å²) in [7, 11) is 0. The topological polar surface area (TPSA) is 38.1 Å². The molecule has 1 atom stereocenters. The van der Waals surface area contributed by atoms with Gasteiger partial charge in [-0.1, -0.05) is 39.3 Å². The van der Waals surface area contributed by atoms with Crippen molar-refractivity contribution in [1.29, 1.82) is 0 Å². The van der Waals surface area contributed by atoms with Gasteiger partial charge in [-0.05, 0) is 18.8 Å². The molecule has 0 spiro atoms. The van der Waals surface area contributed by atoms with E-state index in [-0.39, 0.29) is 0 Å². The fourth-order valence-electron chi connectivity index (χ4n) is 1.73. The predicted molar refractivity (Wildman–Crippen MR) is 66.4 cm³/mol. The average Bonchev–Trinajstić information content (AvgIpc) is 2.73. The van der Waals surface area contributed by atoms with Crippen molar-refractivity contribution in [2.24, 2.45) is 0 Å². The molecule has 1 aromatic rings. The lowest BCUT2D eigenvalue weighted by Crippen LogP contribution is -2.27. The third-order valence-corrected chi connectivity index (χ3v) is 2.86. The first-order valence-electron chi connectivity index (χ1n) is 6.36. The Morgan fingerprint density at radius 2 is 2.12 bits per heavy atom. The molecule has 0 aliphatic heterocycles. The molecule has 1 aromatic heterocycles. The Hall–Kier alpha value is -0.830. The highest BCUT2D eigenvalue weighted by Gasteiger charge is 2.09. The van der Waals surface area contributed by atoms with Crippen LogP contribution in [0.25, 0.3) is 0 Å². The summed E-state index contributed by atoms with van der Waals surface area (Å²) in [5.74, 6) is 1.38. The first-order chi connectivity index (χ1) is 7.67. The van der Waals surface area contributed by atoms with Gasteiger partial charge in [0, 0.05) is 12.1 Å². The molecule has 0 aliphatic rings. The zero-order valence-electron chi connectivity index (χ0n) is 10.9. The first kappa shape index (κ1) is 13.2. The van der Waals surface area contributed by atoms with Crippen LogP contribution in [0, 0.1) is 0 Å². The van der Waals surface area contributed by atoms with E-state index in [9.17, 15) is 0 Å². The minimum atomic E-state index is 0.440. The van der Waals surface area contributed by atoms with Crippen molar-refractivity contribution in [3.8, 4) is 0 Å². The van der Waals surface area contributed by atoms with Gasteiger partial charge in [0.1, 0.15) is 0 Å². The summed E-state index contributed by atoms with van der Waals surface area (Å²) >= 11 is 0. The van der Waals surface area contributed by atoms with E-state index in [1.54, 1.807) is 0 Å². The molecule has 0 amide bonds. The molecular weight excluding hydrogens is 200 g/mol. The Bertz CT molecular complexity index is 294. The van der Waals surface area contributed by atoms with Crippen LogP contribution in [0.4, 0.5) is 0 Å². The third-order valence-electron chi connectivity index (χ3n) is 2.86. The quantitative estimate of drug-likeness (QED) is 0.770. The highest BCUT2D eigenvalue weighted by Crippen LogP contribution is 2.14. The minimum Gasteiger partial charge on any atom is -0.360 e. The average molecular weight is 224 g/mol. The van der Waals surface area contributed by atoms with Crippen molar-refractivity contribution in [2.45, 2.75) is 65.5 Å². The molecule has 0 aliphatic carbocycles. The van der Waals surface area contributed by atoms with Crippen LogP contribution in [-0.2, 0) is 6.54 Å². The summed E-state index contributed by atoms with van der Waals surface area (Å²) in [6.45, 7) is 9.48. The second kappa shape index (κ2) is 6.69. The molecular formula is C13H24N2O. The van der Waals surface area contributed by atoms with Gasteiger partial charge < -0.3 is 9.84 Å². The summed E-state index contributed by atoms with van der Waals surface area (Å²) in [6, 6.07) is 2.65. The van der Waals surface area contributed by atoms with Crippen LogP contribution in [0.5, 0.6) is 0 Å². The van der Waals surface area contributed by atoms with E-state index >= 15 is 0 Å².